The molecule has 632 valence electrons. The van der Waals surface area contributed by atoms with E-state index in [2.05, 4.69) is 41.5 Å². The van der Waals surface area contributed by atoms with E-state index in [1.54, 1.807) is 0 Å². The molecule has 0 aliphatic rings. The average Bonchev–Trinajstić information content (AvgIpc) is 0.872. The molecule has 6 aromatic carbocycles. The molecule has 0 amide bonds. The van der Waals surface area contributed by atoms with Crippen LogP contribution in [-0.2, 0) is 27.1 Å². The maximum atomic E-state index is 6.05. The van der Waals surface area contributed by atoms with Gasteiger partial charge in [-0.2, -0.15) is 0 Å². The summed E-state index contributed by atoms with van der Waals surface area (Å²) in [6.45, 7) is 18.1. The number of rotatable bonds is 72. The summed E-state index contributed by atoms with van der Waals surface area (Å²) in [6.07, 6.45) is 63.0. The summed E-state index contributed by atoms with van der Waals surface area (Å²) in [5, 5.41) is 0. The molecule has 0 unspecified atom stereocenters. The van der Waals surface area contributed by atoms with E-state index in [4.69, 9.17) is 54.3 Å². The average molecular weight is 1630 g/mol. The first kappa shape index (κ1) is 102. The molecule has 0 atom stereocenters. The molecular formula is C96H156O12P4. The molecule has 16 heteroatoms. The Morgan fingerprint density at radius 1 is 0.143 bits per heavy atom. The minimum Gasteiger partial charge on any atom is -0.427 e. The summed E-state index contributed by atoms with van der Waals surface area (Å²) in [4.78, 5) is 0. The van der Waals surface area contributed by atoms with Gasteiger partial charge in [-0.1, -0.05) is 420 Å². The molecule has 0 fully saturated rings. The van der Waals surface area contributed by atoms with Gasteiger partial charge in [0.1, 0.15) is 34.5 Å². The van der Waals surface area contributed by atoms with Crippen molar-refractivity contribution in [1.82, 2.24) is 0 Å². The Kier molecular flexibility index (Phi) is 73.1. The van der Waals surface area contributed by atoms with Gasteiger partial charge in [-0.15, -0.1) is 0 Å². The summed E-state index contributed by atoms with van der Waals surface area (Å²) in [5.41, 5.74) is 0. The predicted octanol–water partition coefficient (Wildman–Crippen LogP) is 34.3. The van der Waals surface area contributed by atoms with Crippen LogP contribution in [0.2, 0.25) is 0 Å². The molecule has 0 N–H and O–H groups in total. The lowest BCUT2D eigenvalue weighted by Crippen LogP contribution is -2.02. The third-order valence-electron chi connectivity index (χ3n) is 18.7. The van der Waals surface area contributed by atoms with Crippen molar-refractivity contribution in [2.45, 2.75) is 350 Å². The van der Waals surface area contributed by atoms with Gasteiger partial charge in [0.2, 0.25) is 0 Å². The maximum absolute atomic E-state index is 6.05. The van der Waals surface area contributed by atoms with Crippen molar-refractivity contribution >= 4 is 34.4 Å². The van der Waals surface area contributed by atoms with Gasteiger partial charge >= 0.3 is 34.4 Å². The highest BCUT2D eigenvalue weighted by Gasteiger charge is 2.21. The Hall–Kier alpha value is -4.40. The molecule has 0 bridgehead atoms. The monoisotopic (exact) mass is 1630 g/mol. The zero-order valence-corrected chi connectivity index (χ0v) is 74.8. The van der Waals surface area contributed by atoms with Gasteiger partial charge in [-0.3, -0.25) is 4.52 Å². The zero-order chi connectivity index (χ0) is 79.7. The second-order valence-corrected chi connectivity index (χ2v) is 33.6. The van der Waals surface area contributed by atoms with Gasteiger partial charge in [-0.05, 0) is 111 Å². The Balaban J connectivity index is 0.000000390. The number of benzene rings is 6. The van der Waals surface area contributed by atoms with Crippen LogP contribution in [0.5, 0.6) is 34.5 Å². The standard InChI is InChI=1S/C30H63O3P.C26H47O3P.C22H31O3P.C18H15O3P/c1-4-7-10-13-16-19-22-25-28-31-34(32-29-26-23-20-17-14-11-8-5-2)33-30-27-24-21-18-15-12-9-6-3;1-3-5-7-9-11-13-15-20-24-27-30(29-26-22-18-17-19-23-26)28-25-21-16-14-12-10-8-6-4-2;1-2-3-4-5-6-7-8-15-20-23-26(24-21-16-11-9-12-17-21)25-22-18-13-10-14-19-22;1-4-10-16(11-5-1)19-22(20-17-12-6-2-7-13-17)21-18-14-8-3-9-15-18/h4-30H2,1-3H3;17-19,22-23H,3-16,20-21,24-25H2,1-2H3;9-14,16-19H,2-8,15,20H2,1H3;1-15H. The molecule has 6 aromatic rings. The lowest BCUT2D eigenvalue weighted by atomic mass is 10.1. The molecule has 0 spiro atoms. The molecule has 0 radical (unpaired) electrons. The van der Waals surface area contributed by atoms with E-state index in [1.165, 1.54) is 270 Å². The summed E-state index contributed by atoms with van der Waals surface area (Å²) in [6, 6.07) is 57.8. The Morgan fingerprint density at radius 2 is 0.277 bits per heavy atom. The largest absolute Gasteiger partial charge is 0.530 e. The normalized spacial score (nSPS) is 11.1. The van der Waals surface area contributed by atoms with Gasteiger partial charge in [0.25, 0.3) is 0 Å². The van der Waals surface area contributed by atoms with E-state index in [-0.39, 0.29) is 0 Å². The lowest BCUT2D eigenvalue weighted by molar-refractivity contribution is 0.153. The molecule has 0 aliphatic heterocycles. The minimum absolute atomic E-state index is 0.667. The van der Waals surface area contributed by atoms with Gasteiger partial charge in [0.05, 0.1) is 39.6 Å². The van der Waals surface area contributed by atoms with Crippen molar-refractivity contribution in [3.63, 3.8) is 0 Å². The van der Waals surface area contributed by atoms with Crippen LogP contribution < -0.4 is 27.1 Å². The van der Waals surface area contributed by atoms with Crippen LogP contribution in [-0.4, -0.2) is 39.6 Å². The van der Waals surface area contributed by atoms with Crippen LogP contribution in [0.25, 0.3) is 0 Å². The number of unbranched alkanes of at least 4 members (excludes halogenated alkanes) is 42. The van der Waals surface area contributed by atoms with Crippen LogP contribution in [0.3, 0.4) is 0 Å². The predicted molar refractivity (Wildman–Crippen MR) is 481 cm³/mol. The summed E-state index contributed by atoms with van der Waals surface area (Å²) >= 11 is 0. The molecule has 0 saturated heterocycles. The van der Waals surface area contributed by atoms with Crippen molar-refractivity contribution in [2.24, 2.45) is 0 Å². The fourth-order valence-corrected chi connectivity index (χ4v) is 16.1. The van der Waals surface area contributed by atoms with Crippen molar-refractivity contribution in [1.29, 1.82) is 0 Å². The second-order valence-electron chi connectivity index (χ2n) is 29.2. The van der Waals surface area contributed by atoms with Crippen LogP contribution in [0, 0.1) is 0 Å². The first-order valence-corrected chi connectivity index (χ1v) is 49.2. The smallest absolute Gasteiger partial charge is 0.427 e. The van der Waals surface area contributed by atoms with Crippen LogP contribution in [0.1, 0.15) is 350 Å². The molecule has 6 rings (SSSR count). The molecule has 0 aliphatic carbocycles. The highest BCUT2D eigenvalue weighted by molar-refractivity contribution is 7.43. The Labute approximate surface area is 690 Å². The molecule has 112 heavy (non-hydrogen) atoms. The Bertz CT molecular complexity index is 2580. The van der Waals surface area contributed by atoms with E-state index in [1.807, 2.05) is 182 Å². The van der Waals surface area contributed by atoms with Crippen molar-refractivity contribution in [2.75, 3.05) is 39.6 Å². The van der Waals surface area contributed by atoms with E-state index < -0.39 is 34.4 Å². The van der Waals surface area contributed by atoms with Gasteiger partial charge in [0, 0.05) is 0 Å². The third-order valence-corrected chi connectivity index (χ3v) is 23.2. The van der Waals surface area contributed by atoms with E-state index in [0.29, 0.717) is 23.9 Å². The van der Waals surface area contributed by atoms with Crippen LogP contribution >= 0.6 is 34.4 Å². The summed E-state index contributed by atoms with van der Waals surface area (Å²) in [5.74, 6) is 4.49. The fourth-order valence-electron chi connectivity index (χ4n) is 12.0. The van der Waals surface area contributed by atoms with Gasteiger partial charge in [0.15, 0.2) is 0 Å². The number of para-hydroxylation sites is 6. The maximum Gasteiger partial charge on any atom is 0.530 e. The van der Waals surface area contributed by atoms with Crippen molar-refractivity contribution in [3.8, 4) is 34.5 Å². The number of hydrogen-bond acceptors (Lipinski definition) is 12. The van der Waals surface area contributed by atoms with Crippen LogP contribution in [0.4, 0.5) is 0 Å². The van der Waals surface area contributed by atoms with E-state index in [9.17, 15) is 0 Å². The first-order chi connectivity index (χ1) is 55.5. The fraction of sp³-hybridized carbons (Fsp3) is 0.625. The molecule has 0 aromatic heterocycles. The number of hydrogen-bond donors (Lipinski definition) is 0. The van der Waals surface area contributed by atoms with Gasteiger partial charge in [-0.25, -0.2) is 0 Å². The second kappa shape index (κ2) is 80.4. The van der Waals surface area contributed by atoms with E-state index >= 15 is 0 Å². The molecular weight excluding hydrogens is 1470 g/mol. The van der Waals surface area contributed by atoms with Crippen molar-refractivity contribution < 1.29 is 54.3 Å². The lowest BCUT2D eigenvalue weighted by Gasteiger charge is -2.17. The summed E-state index contributed by atoms with van der Waals surface area (Å²) < 4.78 is 71.4. The zero-order valence-electron chi connectivity index (χ0n) is 71.2. The quantitative estimate of drug-likeness (QED) is 0.0268. The Morgan fingerprint density at radius 3 is 0.455 bits per heavy atom. The van der Waals surface area contributed by atoms with Crippen molar-refractivity contribution in [3.05, 3.63) is 182 Å². The SMILES string of the molecule is CCCCCCCCCCOP(OCCCCCCCCCC)OCCCCCCCCCC.CCCCCCCCCCOP(OCCCCCCCCCC)Oc1ccccc1.CCCCCCCCCCOP(Oc1ccccc1)Oc1ccccc1.c1ccc(OP(Oc2ccccc2)Oc2ccccc2)cc1. The topological polar surface area (TPSA) is 111 Å². The minimum atomic E-state index is -1.59. The third kappa shape index (κ3) is 64.7. The summed E-state index contributed by atoms with van der Waals surface area (Å²) in [7, 11) is -5.50. The highest BCUT2D eigenvalue weighted by atomic mass is 31.2. The van der Waals surface area contributed by atoms with E-state index in [0.717, 1.165) is 88.8 Å². The van der Waals surface area contributed by atoms with Gasteiger partial charge < -0.3 is 49.8 Å². The highest BCUT2D eigenvalue weighted by Crippen LogP contribution is 2.45. The van der Waals surface area contributed by atoms with Crippen LogP contribution in [0.15, 0.2) is 182 Å². The first-order valence-electron chi connectivity index (χ1n) is 44.9. The molecule has 0 saturated carbocycles. The molecule has 12 nitrogen and oxygen atoms in total. The molecule has 0 heterocycles.